The predicted octanol–water partition coefficient (Wildman–Crippen LogP) is 4.41. The van der Waals surface area contributed by atoms with Gasteiger partial charge in [-0.3, -0.25) is 0 Å². The molecule has 2 N–H and O–H groups in total. The highest BCUT2D eigenvalue weighted by molar-refractivity contribution is 6.30. The van der Waals surface area contributed by atoms with Crippen molar-refractivity contribution in [2.45, 2.75) is 6.54 Å². The van der Waals surface area contributed by atoms with Crippen LogP contribution in [0.5, 0.6) is 0 Å². The number of hydrogen-bond acceptors (Lipinski definition) is 2. The highest BCUT2D eigenvalue weighted by Crippen LogP contribution is 2.18. The Morgan fingerprint density at radius 2 is 1.95 bits per heavy atom. The number of rotatable bonds is 3. The number of fused-ring (bicyclic) bond motifs is 1. The van der Waals surface area contributed by atoms with Crippen LogP contribution < -0.4 is 10.6 Å². The minimum absolute atomic E-state index is 0.308. The number of carbonyl (C=O) groups is 1. The lowest BCUT2D eigenvalue weighted by atomic mass is 10.2. The number of hydrogen-bond donors (Lipinski definition) is 2. The van der Waals surface area contributed by atoms with E-state index < -0.39 is 0 Å². The average molecular weight is 301 g/mol. The second-order valence-electron chi connectivity index (χ2n) is 4.57. The lowest BCUT2D eigenvalue weighted by Crippen LogP contribution is -2.27. The van der Waals surface area contributed by atoms with Crippen molar-refractivity contribution in [2.75, 3.05) is 5.32 Å². The molecule has 1 aromatic heterocycles. The van der Waals surface area contributed by atoms with Crippen LogP contribution in [0.3, 0.4) is 0 Å². The molecule has 5 heteroatoms. The van der Waals surface area contributed by atoms with Crippen molar-refractivity contribution >= 4 is 34.3 Å². The molecule has 3 rings (SSSR count). The maximum atomic E-state index is 11.8. The number of para-hydroxylation sites is 1. The summed E-state index contributed by atoms with van der Waals surface area (Å²) >= 11 is 5.86. The SMILES string of the molecule is O=C(NCc1cc2ccccc2o1)Nc1cccc(Cl)c1. The largest absolute Gasteiger partial charge is 0.459 e. The van der Waals surface area contributed by atoms with Gasteiger partial charge in [0.05, 0.1) is 6.54 Å². The summed E-state index contributed by atoms with van der Waals surface area (Å²) in [5.74, 6) is 0.706. The first kappa shape index (κ1) is 13.5. The van der Waals surface area contributed by atoms with E-state index in [-0.39, 0.29) is 6.03 Å². The topological polar surface area (TPSA) is 54.3 Å². The fraction of sp³-hybridized carbons (Fsp3) is 0.0625. The van der Waals surface area contributed by atoms with Crippen LogP contribution in [0.4, 0.5) is 10.5 Å². The number of carbonyl (C=O) groups excluding carboxylic acids is 1. The molecule has 3 aromatic rings. The monoisotopic (exact) mass is 300 g/mol. The summed E-state index contributed by atoms with van der Waals surface area (Å²) in [6, 6.07) is 16.3. The average Bonchev–Trinajstić information content (AvgIpc) is 2.88. The quantitative estimate of drug-likeness (QED) is 0.753. The van der Waals surface area contributed by atoms with Gasteiger partial charge in [-0.15, -0.1) is 0 Å². The Morgan fingerprint density at radius 3 is 2.76 bits per heavy atom. The van der Waals surface area contributed by atoms with Crippen LogP contribution in [0, 0.1) is 0 Å². The highest BCUT2D eigenvalue weighted by atomic mass is 35.5. The van der Waals surface area contributed by atoms with E-state index >= 15 is 0 Å². The van der Waals surface area contributed by atoms with Crippen LogP contribution in [-0.4, -0.2) is 6.03 Å². The summed E-state index contributed by atoms with van der Waals surface area (Å²) in [4.78, 5) is 11.8. The summed E-state index contributed by atoms with van der Waals surface area (Å²) in [5, 5.41) is 7.04. The lowest BCUT2D eigenvalue weighted by Gasteiger charge is -2.06. The molecule has 0 radical (unpaired) electrons. The number of halogens is 1. The second kappa shape index (κ2) is 5.89. The van der Waals surface area contributed by atoms with Gasteiger partial charge in [-0.25, -0.2) is 4.79 Å². The van der Waals surface area contributed by atoms with Crippen LogP contribution in [0.15, 0.2) is 59.0 Å². The molecule has 2 aromatic carbocycles. The summed E-state index contributed by atoms with van der Waals surface area (Å²) in [5.41, 5.74) is 1.45. The number of urea groups is 1. The number of amides is 2. The summed E-state index contributed by atoms with van der Waals surface area (Å²) in [6.07, 6.45) is 0. The first-order valence-electron chi connectivity index (χ1n) is 6.48. The van der Waals surface area contributed by atoms with Crippen molar-refractivity contribution in [3.63, 3.8) is 0 Å². The molecule has 0 aliphatic heterocycles. The molecule has 4 nitrogen and oxygen atoms in total. The molecule has 0 spiro atoms. The molecule has 0 aliphatic rings. The van der Waals surface area contributed by atoms with Gasteiger partial charge in [-0.2, -0.15) is 0 Å². The van der Waals surface area contributed by atoms with Crippen molar-refractivity contribution in [3.8, 4) is 0 Å². The van der Waals surface area contributed by atoms with Gasteiger partial charge in [0.1, 0.15) is 11.3 Å². The Labute approximate surface area is 126 Å². The van der Waals surface area contributed by atoms with E-state index in [1.807, 2.05) is 30.3 Å². The van der Waals surface area contributed by atoms with Gasteiger partial charge < -0.3 is 15.1 Å². The summed E-state index contributed by atoms with van der Waals surface area (Å²) in [6.45, 7) is 0.321. The molecule has 0 unspecified atom stereocenters. The molecule has 0 atom stereocenters. The standard InChI is InChI=1S/C16H13ClN2O2/c17-12-5-3-6-13(9-12)19-16(20)18-10-14-8-11-4-1-2-7-15(11)21-14/h1-9H,10H2,(H2,18,19,20). The van der Waals surface area contributed by atoms with Gasteiger partial charge in [0.15, 0.2) is 0 Å². The Kier molecular flexibility index (Phi) is 3.79. The highest BCUT2D eigenvalue weighted by Gasteiger charge is 2.06. The normalized spacial score (nSPS) is 10.5. The minimum Gasteiger partial charge on any atom is -0.459 e. The third-order valence-electron chi connectivity index (χ3n) is 2.98. The molecule has 0 saturated heterocycles. The van der Waals surface area contributed by atoms with Gasteiger partial charge in [-0.1, -0.05) is 35.9 Å². The number of furan rings is 1. The van der Waals surface area contributed by atoms with Crippen molar-refractivity contribution in [2.24, 2.45) is 0 Å². The number of benzene rings is 2. The fourth-order valence-corrected chi connectivity index (χ4v) is 2.22. The third-order valence-corrected chi connectivity index (χ3v) is 3.22. The number of anilines is 1. The van der Waals surface area contributed by atoms with E-state index in [1.54, 1.807) is 24.3 Å². The van der Waals surface area contributed by atoms with Crippen molar-refractivity contribution < 1.29 is 9.21 Å². The molecule has 21 heavy (non-hydrogen) atoms. The summed E-state index contributed by atoms with van der Waals surface area (Å²) in [7, 11) is 0. The van der Waals surface area contributed by atoms with Gasteiger partial charge in [0, 0.05) is 16.1 Å². The molecule has 106 valence electrons. The molecule has 0 fully saturated rings. The van der Waals surface area contributed by atoms with Crippen LogP contribution in [0.1, 0.15) is 5.76 Å². The molecule has 0 bridgehead atoms. The van der Waals surface area contributed by atoms with Gasteiger partial charge in [0.2, 0.25) is 0 Å². The molecule has 2 amide bonds. The van der Waals surface area contributed by atoms with Gasteiger partial charge in [0.25, 0.3) is 0 Å². The van der Waals surface area contributed by atoms with E-state index in [0.717, 1.165) is 11.0 Å². The van der Waals surface area contributed by atoms with Crippen LogP contribution in [0.2, 0.25) is 5.02 Å². The predicted molar refractivity (Wildman–Crippen MR) is 83.5 cm³/mol. The Morgan fingerprint density at radius 1 is 1.10 bits per heavy atom. The van der Waals surface area contributed by atoms with E-state index in [0.29, 0.717) is 23.0 Å². The zero-order valence-corrected chi connectivity index (χ0v) is 11.9. The van der Waals surface area contributed by atoms with E-state index in [9.17, 15) is 4.79 Å². The zero-order chi connectivity index (χ0) is 14.7. The maximum absolute atomic E-state index is 11.8. The second-order valence-corrected chi connectivity index (χ2v) is 5.00. The molecule has 0 saturated carbocycles. The maximum Gasteiger partial charge on any atom is 0.319 e. The smallest absolute Gasteiger partial charge is 0.319 e. The van der Waals surface area contributed by atoms with E-state index in [4.69, 9.17) is 16.0 Å². The first-order chi connectivity index (χ1) is 10.2. The van der Waals surface area contributed by atoms with Crippen LogP contribution in [0.25, 0.3) is 11.0 Å². The van der Waals surface area contributed by atoms with E-state index in [1.165, 1.54) is 0 Å². The van der Waals surface area contributed by atoms with Crippen molar-refractivity contribution in [1.82, 2.24) is 5.32 Å². The first-order valence-corrected chi connectivity index (χ1v) is 6.86. The molecule has 1 heterocycles. The molecular weight excluding hydrogens is 288 g/mol. The number of nitrogens with one attached hydrogen (secondary N) is 2. The van der Waals surface area contributed by atoms with Crippen LogP contribution >= 0.6 is 11.6 Å². The third kappa shape index (κ3) is 3.35. The Bertz CT molecular complexity index is 750. The van der Waals surface area contributed by atoms with Gasteiger partial charge in [-0.05, 0) is 30.3 Å². The molecular formula is C16H13ClN2O2. The van der Waals surface area contributed by atoms with Crippen molar-refractivity contribution in [3.05, 3.63) is 65.4 Å². The Hall–Kier alpha value is -2.46. The van der Waals surface area contributed by atoms with Crippen LogP contribution in [-0.2, 0) is 6.54 Å². The Balaban J connectivity index is 1.60. The minimum atomic E-state index is -0.308. The zero-order valence-electron chi connectivity index (χ0n) is 11.1. The lowest BCUT2D eigenvalue weighted by molar-refractivity contribution is 0.251. The summed E-state index contributed by atoms with van der Waals surface area (Å²) < 4.78 is 5.62. The molecule has 0 aliphatic carbocycles. The van der Waals surface area contributed by atoms with Gasteiger partial charge >= 0.3 is 6.03 Å². The van der Waals surface area contributed by atoms with Crippen molar-refractivity contribution in [1.29, 1.82) is 0 Å². The fourth-order valence-electron chi connectivity index (χ4n) is 2.03. The van der Waals surface area contributed by atoms with E-state index in [2.05, 4.69) is 10.6 Å².